The molecule has 8 heteroatoms. The molecule has 0 saturated carbocycles. The van der Waals surface area contributed by atoms with Crippen LogP contribution in [0.15, 0.2) is 35.4 Å². The van der Waals surface area contributed by atoms with Crippen molar-refractivity contribution in [3.63, 3.8) is 0 Å². The number of halogens is 1. The fourth-order valence-corrected chi connectivity index (χ4v) is 3.63. The second-order valence-electron chi connectivity index (χ2n) is 5.61. The van der Waals surface area contributed by atoms with Crippen molar-refractivity contribution in [2.24, 2.45) is 0 Å². The fourth-order valence-electron chi connectivity index (χ4n) is 2.61. The van der Waals surface area contributed by atoms with E-state index in [1.54, 1.807) is 17.0 Å². The first-order chi connectivity index (χ1) is 12.0. The minimum Gasteiger partial charge on any atom is -0.550 e. The van der Waals surface area contributed by atoms with Crippen molar-refractivity contribution in [2.45, 2.75) is 12.8 Å². The van der Waals surface area contributed by atoms with Crippen molar-refractivity contribution in [3.05, 3.63) is 45.4 Å². The monoisotopic (exact) mass is 376 g/mol. The molecule has 0 amide bonds. The Morgan fingerprint density at radius 2 is 2.12 bits per heavy atom. The van der Waals surface area contributed by atoms with Gasteiger partial charge in [-0.2, -0.15) is 0 Å². The van der Waals surface area contributed by atoms with Crippen LogP contribution in [-0.2, 0) is 4.79 Å². The summed E-state index contributed by atoms with van der Waals surface area (Å²) in [5.74, 6) is -0.876. The standard InChI is InChI=1S/C17H16ClN3O3S/c18-11-5-3-10(4-6-11)12-9-25-17(20-12)15-13(22)8-21(16(15)19)7-1-2-14(23)24/h3-6,9,19,22H,1-2,7-8H2,(H,23,24)/p-1. The molecule has 1 aromatic carbocycles. The van der Waals surface area contributed by atoms with E-state index in [-0.39, 0.29) is 24.6 Å². The van der Waals surface area contributed by atoms with Crippen LogP contribution < -0.4 is 5.11 Å². The Balaban J connectivity index is 1.75. The molecule has 25 heavy (non-hydrogen) atoms. The normalized spacial score (nSPS) is 14.4. The number of carbonyl (C=O) groups is 1. The van der Waals surface area contributed by atoms with E-state index in [2.05, 4.69) is 4.98 Å². The number of nitrogens with one attached hydrogen (secondary N) is 1. The molecule has 2 N–H and O–H groups in total. The number of nitrogens with zero attached hydrogens (tertiary/aromatic N) is 2. The number of rotatable bonds is 6. The molecule has 2 heterocycles. The molecule has 0 unspecified atom stereocenters. The molecule has 3 rings (SSSR count). The lowest BCUT2D eigenvalue weighted by Gasteiger charge is -2.18. The zero-order chi connectivity index (χ0) is 18.0. The molecule has 0 aliphatic carbocycles. The number of aromatic nitrogens is 1. The van der Waals surface area contributed by atoms with E-state index in [1.165, 1.54) is 11.3 Å². The number of hydrogen-bond donors (Lipinski definition) is 2. The van der Waals surface area contributed by atoms with Gasteiger partial charge < -0.3 is 19.9 Å². The van der Waals surface area contributed by atoms with Crippen molar-refractivity contribution >= 4 is 40.3 Å². The minimum absolute atomic E-state index is 0.0716. The second-order valence-corrected chi connectivity index (χ2v) is 6.91. The van der Waals surface area contributed by atoms with Crippen molar-refractivity contribution in [1.82, 2.24) is 9.88 Å². The number of benzene rings is 1. The number of thiazole rings is 1. The predicted molar refractivity (Wildman–Crippen MR) is 95.6 cm³/mol. The topological polar surface area (TPSA) is 100 Å². The summed E-state index contributed by atoms with van der Waals surface area (Å²) < 4.78 is 0. The van der Waals surface area contributed by atoms with Crippen LogP contribution in [0.25, 0.3) is 16.8 Å². The highest BCUT2D eigenvalue weighted by molar-refractivity contribution is 7.11. The summed E-state index contributed by atoms with van der Waals surface area (Å²) in [6, 6.07) is 7.29. The van der Waals surface area contributed by atoms with Gasteiger partial charge in [0.15, 0.2) is 0 Å². The Bertz CT molecular complexity index is 845. The quantitative estimate of drug-likeness (QED) is 0.806. The fraction of sp³-hybridized carbons (Fsp3) is 0.235. The molecular weight excluding hydrogens is 362 g/mol. The van der Waals surface area contributed by atoms with Crippen LogP contribution in [0.3, 0.4) is 0 Å². The molecule has 0 fully saturated rings. The summed E-state index contributed by atoms with van der Waals surface area (Å²) in [5, 5.41) is 32.1. The van der Waals surface area contributed by atoms with Crippen LogP contribution in [0.2, 0.25) is 5.02 Å². The van der Waals surface area contributed by atoms with Gasteiger partial charge in [0.05, 0.1) is 17.8 Å². The van der Waals surface area contributed by atoms with Crippen LogP contribution in [0, 0.1) is 5.41 Å². The van der Waals surface area contributed by atoms with Crippen molar-refractivity contribution in [2.75, 3.05) is 13.1 Å². The molecule has 0 spiro atoms. The largest absolute Gasteiger partial charge is 0.550 e. The summed E-state index contributed by atoms with van der Waals surface area (Å²) >= 11 is 7.24. The third-order valence-corrected chi connectivity index (χ3v) is 4.96. The van der Waals surface area contributed by atoms with Gasteiger partial charge in [-0.15, -0.1) is 11.3 Å². The van der Waals surface area contributed by atoms with E-state index in [0.717, 1.165) is 11.3 Å². The van der Waals surface area contributed by atoms with Gasteiger partial charge in [-0.1, -0.05) is 23.7 Å². The zero-order valence-corrected chi connectivity index (χ0v) is 14.7. The van der Waals surface area contributed by atoms with Crippen molar-refractivity contribution < 1.29 is 15.0 Å². The van der Waals surface area contributed by atoms with Crippen molar-refractivity contribution in [1.29, 1.82) is 5.41 Å². The lowest BCUT2D eigenvalue weighted by Crippen LogP contribution is -2.29. The highest BCUT2D eigenvalue weighted by Crippen LogP contribution is 2.32. The Morgan fingerprint density at radius 1 is 1.40 bits per heavy atom. The van der Waals surface area contributed by atoms with Gasteiger partial charge in [-0.05, 0) is 25.0 Å². The minimum atomic E-state index is -1.12. The molecule has 1 aliphatic rings. The first-order valence-electron chi connectivity index (χ1n) is 7.63. The molecule has 2 aromatic rings. The molecular formula is C17H15ClN3O3S-. The number of carboxylic acids is 1. The van der Waals surface area contributed by atoms with Crippen LogP contribution in [-0.4, -0.2) is 39.9 Å². The maximum atomic E-state index is 10.5. The number of hydrogen-bond acceptors (Lipinski definition) is 6. The lowest BCUT2D eigenvalue weighted by molar-refractivity contribution is -0.305. The maximum absolute atomic E-state index is 10.5. The molecule has 0 radical (unpaired) electrons. The van der Waals surface area contributed by atoms with Gasteiger partial charge in [-0.3, -0.25) is 5.41 Å². The molecule has 130 valence electrons. The first-order valence-corrected chi connectivity index (χ1v) is 8.89. The van der Waals surface area contributed by atoms with E-state index in [1.807, 2.05) is 17.5 Å². The number of carboxylic acid groups (broad SMARTS) is 1. The number of aliphatic hydroxyl groups is 1. The summed E-state index contributed by atoms with van der Waals surface area (Å²) in [5.41, 5.74) is 2.06. The SMILES string of the molecule is N=C1C(c2nc(-c3ccc(Cl)cc3)cs2)=C(O)CN1CCCC(=O)[O-]. The zero-order valence-electron chi connectivity index (χ0n) is 13.2. The highest BCUT2D eigenvalue weighted by Gasteiger charge is 2.29. The van der Waals surface area contributed by atoms with E-state index in [9.17, 15) is 15.0 Å². The summed E-state index contributed by atoms with van der Waals surface area (Å²) in [6.07, 6.45) is 0.289. The summed E-state index contributed by atoms with van der Waals surface area (Å²) in [7, 11) is 0. The van der Waals surface area contributed by atoms with E-state index < -0.39 is 5.97 Å². The smallest absolute Gasteiger partial charge is 0.135 e. The molecule has 0 atom stereocenters. The number of aliphatic carboxylic acids is 1. The highest BCUT2D eigenvalue weighted by atomic mass is 35.5. The van der Waals surface area contributed by atoms with Crippen LogP contribution >= 0.6 is 22.9 Å². The molecule has 6 nitrogen and oxygen atoms in total. The Hall–Kier alpha value is -2.38. The average Bonchev–Trinajstić information content (AvgIpc) is 3.13. The van der Waals surface area contributed by atoms with Gasteiger partial charge in [0.1, 0.15) is 16.6 Å². The maximum Gasteiger partial charge on any atom is 0.135 e. The summed E-state index contributed by atoms with van der Waals surface area (Å²) in [6.45, 7) is 0.562. The van der Waals surface area contributed by atoms with E-state index >= 15 is 0 Å². The van der Waals surface area contributed by atoms with Crippen molar-refractivity contribution in [3.8, 4) is 11.3 Å². The Morgan fingerprint density at radius 3 is 2.80 bits per heavy atom. The Kier molecular flexibility index (Phi) is 5.06. The van der Waals surface area contributed by atoms with Crippen LogP contribution in [0.4, 0.5) is 0 Å². The second kappa shape index (κ2) is 7.25. The third-order valence-electron chi connectivity index (χ3n) is 3.85. The predicted octanol–water partition coefficient (Wildman–Crippen LogP) is 2.56. The number of amidine groups is 1. The third kappa shape index (κ3) is 3.83. The molecule has 0 saturated heterocycles. The summed E-state index contributed by atoms with van der Waals surface area (Å²) in [4.78, 5) is 16.7. The van der Waals surface area contributed by atoms with Gasteiger partial charge in [-0.25, -0.2) is 4.98 Å². The number of aliphatic hydroxyl groups excluding tert-OH is 1. The van der Waals surface area contributed by atoms with Crippen LogP contribution in [0.5, 0.6) is 0 Å². The lowest BCUT2D eigenvalue weighted by atomic mass is 10.2. The van der Waals surface area contributed by atoms with E-state index in [0.29, 0.717) is 28.6 Å². The first kappa shape index (κ1) is 17.4. The van der Waals surface area contributed by atoms with Gasteiger partial charge in [0.2, 0.25) is 0 Å². The number of carbonyl (C=O) groups excluding carboxylic acids is 1. The Labute approximate surface area is 153 Å². The molecule has 1 aromatic heterocycles. The average molecular weight is 377 g/mol. The molecule has 0 bridgehead atoms. The van der Waals surface area contributed by atoms with Gasteiger partial charge in [0, 0.05) is 28.5 Å². The van der Waals surface area contributed by atoms with E-state index in [4.69, 9.17) is 17.0 Å². The van der Waals surface area contributed by atoms with Crippen LogP contribution in [0.1, 0.15) is 17.8 Å². The molecule has 1 aliphatic heterocycles. The van der Waals surface area contributed by atoms with Gasteiger partial charge in [0.25, 0.3) is 0 Å². The van der Waals surface area contributed by atoms with Gasteiger partial charge >= 0.3 is 0 Å².